The van der Waals surface area contributed by atoms with Crippen molar-refractivity contribution in [2.24, 2.45) is 0 Å². The number of nitrogens with one attached hydrogen (secondary N) is 1. The largest absolute Gasteiger partial charge is 0.476 e. The molecule has 25 heavy (non-hydrogen) atoms. The zero-order valence-corrected chi connectivity index (χ0v) is 15.1. The van der Waals surface area contributed by atoms with Crippen molar-refractivity contribution in [3.8, 4) is 5.88 Å². The number of nitrogens with zero attached hydrogens (tertiary/aromatic N) is 3. The fraction of sp³-hybridized carbons (Fsp3) is 0.550. The Morgan fingerprint density at radius 1 is 1.16 bits per heavy atom. The molecule has 0 radical (unpaired) electrons. The van der Waals surface area contributed by atoms with Crippen molar-refractivity contribution in [2.75, 3.05) is 51.3 Å². The molecule has 5 nitrogen and oxygen atoms in total. The van der Waals surface area contributed by atoms with Crippen LogP contribution in [-0.4, -0.2) is 62.3 Å². The molecule has 5 heteroatoms. The molecule has 0 spiro atoms. The van der Waals surface area contributed by atoms with Crippen molar-refractivity contribution in [1.82, 2.24) is 15.2 Å². The third-order valence-electron chi connectivity index (χ3n) is 5.50. The maximum Gasteiger partial charge on any atom is 0.223 e. The Hall–Kier alpha value is -1.85. The van der Waals surface area contributed by atoms with E-state index < -0.39 is 0 Å². The summed E-state index contributed by atoms with van der Waals surface area (Å²) in [5.41, 5.74) is 1.25. The Morgan fingerprint density at radius 3 is 3.00 bits per heavy atom. The maximum atomic E-state index is 6.24. The van der Waals surface area contributed by atoms with Crippen molar-refractivity contribution in [3.63, 3.8) is 0 Å². The summed E-state index contributed by atoms with van der Waals surface area (Å²) in [5.74, 6) is 0.783. The van der Waals surface area contributed by atoms with E-state index in [-0.39, 0.29) is 0 Å². The molecule has 2 aliphatic rings. The van der Waals surface area contributed by atoms with Gasteiger partial charge >= 0.3 is 0 Å². The molecule has 2 aromatic rings. The summed E-state index contributed by atoms with van der Waals surface area (Å²) in [6, 6.07) is 9.11. The monoisotopic (exact) mass is 340 g/mol. The molecule has 1 aromatic carbocycles. The summed E-state index contributed by atoms with van der Waals surface area (Å²) in [6.45, 7) is 6.11. The summed E-state index contributed by atoms with van der Waals surface area (Å²) in [4.78, 5) is 9.45. The second kappa shape index (κ2) is 7.58. The minimum Gasteiger partial charge on any atom is -0.476 e. The van der Waals surface area contributed by atoms with Crippen LogP contribution in [0.1, 0.15) is 19.3 Å². The van der Waals surface area contributed by atoms with Crippen LogP contribution >= 0.6 is 0 Å². The van der Waals surface area contributed by atoms with Crippen LogP contribution < -0.4 is 15.0 Å². The van der Waals surface area contributed by atoms with Crippen LogP contribution in [0.5, 0.6) is 5.88 Å². The number of likely N-dealkylation sites (N-methyl/N-ethyl adjacent to an activating group) is 1. The van der Waals surface area contributed by atoms with Gasteiger partial charge in [-0.15, -0.1) is 0 Å². The predicted octanol–water partition coefficient (Wildman–Crippen LogP) is 2.51. The highest BCUT2D eigenvalue weighted by atomic mass is 16.5. The molecule has 2 fully saturated rings. The van der Waals surface area contributed by atoms with E-state index in [1.165, 1.54) is 36.9 Å². The SMILES string of the molecule is CN1CCCC1COc1nccc2cccc(N3CCCNCC3)c12. The molecule has 2 aliphatic heterocycles. The van der Waals surface area contributed by atoms with Gasteiger partial charge in [-0.3, -0.25) is 0 Å². The third kappa shape index (κ3) is 3.58. The smallest absolute Gasteiger partial charge is 0.223 e. The van der Waals surface area contributed by atoms with Gasteiger partial charge in [0.15, 0.2) is 0 Å². The first-order valence-corrected chi connectivity index (χ1v) is 9.49. The standard InChI is InChI=1S/C20H28N4O/c1-23-12-3-6-17(23)15-25-20-19-16(8-10-22-20)5-2-7-18(19)24-13-4-9-21-11-14-24/h2,5,7-8,10,17,21H,3-4,6,9,11-15H2,1H3. The number of rotatable bonds is 4. The molecular weight excluding hydrogens is 312 g/mol. The van der Waals surface area contributed by atoms with E-state index in [2.05, 4.69) is 51.4 Å². The van der Waals surface area contributed by atoms with Gasteiger partial charge in [-0.05, 0) is 56.9 Å². The van der Waals surface area contributed by atoms with Crippen molar-refractivity contribution in [1.29, 1.82) is 0 Å². The van der Waals surface area contributed by atoms with Gasteiger partial charge in [0.1, 0.15) is 6.61 Å². The van der Waals surface area contributed by atoms with Gasteiger partial charge in [0.05, 0.1) is 11.1 Å². The number of anilines is 1. The lowest BCUT2D eigenvalue weighted by molar-refractivity contribution is 0.195. The van der Waals surface area contributed by atoms with Crippen LogP contribution in [-0.2, 0) is 0 Å². The van der Waals surface area contributed by atoms with Gasteiger partial charge in [0.25, 0.3) is 0 Å². The van der Waals surface area contributed by atoms with Crippen molar-refractivity contribution in [3.05, 3.63) is 30.5 Å². The molecular formula is C20H28N4O. The van der Waals surface area contributed by atoms with E-state index in [4.69, 9.17) is 4.74 Å². The van der Waals surface area contributed by atoms with Crippen molar-refractivity contribution < 1.29 is 4.74 Å². The highest BCUT2D eigenvalue weighted by molar-refractivity contribution is 5.98. The van der Waals surface area contributed by atoms with E-state index >= 15 is 0 Å². The minimum absolute atomic E-state index is 0.506. The lowest BCUT2D eigenvalue weighted by Crippen LogP contribution is -2.31. The fourth-order valence-electron chi connectivity index (χ4n) is 4.00. The molecule has 1 aromatic heterocycles. The van der Waals surface area contributed by atoms with Gasteiger partial charge in [-0.1, -0.05) is 12.1 Å². The van der Waals surface area contributed by atoms with E-state index in [1.54, 1.807) is 0 Å². The Morgan fingerprint density at radius 2 is 2.12 bits per heavy atom. The molecule has 0 amide bonds. The zero-order chi connectivity index (χ0) is 17.1. The van der Waals surface area contributed by atoms with E-state index in [0.29, 0.717) is 6.04 Å². The first-order chi connectivity index (χ1) is 12.3. The lowest BCUT2D eigenvalue weighted by Gasteiger charge is -2.25. The summed E-state index contributed by atoms with van der Waals surface area (Å²) in [6.07, 6.45) is 5.51. The number of fused-ring (bicyclic) bond motifs is 1. The number of likely N-dealkylation sites (tertiary alicyclic amines) is 1. The second-order valence-electron chi connectivity index (χ2n) is 7.17. The lowest BCUT2D eigenvalue weighted by atomic mass is 10.1. The summed E-state index contributed by atoms with van der Waals surface area (Å²) in [5, 5.41) is 5.85. The van der Waals surface area contributed by atoms with Gasteiger partial charge < -0.3 is 19.9 Å². The molecule has 0 aliphatic carbocycles. The molecule has 1 atom stereocenters. The average Bonchev–Trinajstić information content (AvgIpc) is 2.88. The Bertz CT molecular complexity index is 707. The second-order valence-corrected chi connectivity index (χ2v) is 7.17. The molecule has 1 N–H and O–H groups in total. The Labute approximate surface area is 150 Å². The maximum absolute atomic E-state index is 6.24. The number of hydrogen-bond acceptors (Lipinski definition) is 5. The first kappa shape index (κ1) is 16.6. The van der Waals surface area contributed by atoms with E-state index in [1.807, 2.05) is 6.20 Å². The van der Waals surface area contributed by atoms with Crippen LogP contribution in [0.2, 0.25) is 0 Å². The van der Waals surface area contributed by atoms with Gasteiger partial charge in [-0.25, -0.2) is 4.98 Å². The summed E-state index contributed by atoms with van der Waals surface area (Å²) < 4.78 is 6.24. The number of pyridine rings is 1. The van der Waals surface area contributed by atoms with E-state index in [9.17, 15) is 0 Å². The number of ether oxygens (including phenoxy) is 1. The molecule has 2 saturated heterocycles. The normalized spacial score (nSPS) is 22.3. The average molecular weight is 340 g/mol. The molecule has 4 rings (SSSR count). The van der Waals surface area contributed by atoms with Crippen LogP contribution in [0.4, 0.5) is 5.69 Å². The number of aromatic nitrogens is 1. The molecule has 1 unspecified atom stereocenters. The van der Waals surface area contributed by atoms with E-state index in [0.717, 1.165) is 44.1 Å². The van der Waals surface area contributed by atoms with Crippen LogP contribution in [0, 0.1) is 0 Å². The third-order valence-corrected chi connectivity index (χ3v) is 5.50. The highest BCUT2D eigenvalue weighted by Crippen LogP contribution is 2.33. The van der Waals surface area contributed by atoms with Crippen LogP contribution in [0.15, 0.2) is 30.5 Å². The Kier molecular flexibility index (Phi) is 5.04. The molecule has 3 heterocycles. The van der Waals surface area contributed by atoms with Crippen LogP contribution in [0.25, 0.3) is 10.8 Å². The quantitative estimate of drug-likeness (QED) is 0.926. The Balaban J connectivity index is 1.64. The topological polar surface area (TPSA) is 40.6 Å². The number of benzene rings is 1. The molecule has 0 saturated carbocycles. The van der Waals surface area contributed by atoms with Gasteiger partial charge in [-0.2, -0.15) is 0 Å². The van der Waals surface area contributed by atoms with Crippen molar-refractivity contribution >= 4 is 16.5 Å². The molecule has 0 bridgehead atoms. The van der Waals surface area contributed by atoms with Crippen LogP contribution in [0.3, 0.4) is 0 Å². The highest BCUT2D eigenvalue weighted by Gasteiger charge is 2.22. The van der Waals surface area contributed by atoms with Gasteiger partial charge in [0, 0.05) is 31.9 Å². The van der Waals surface area contributed by atoms with Gasteiger partial charge in [0.2, 0.25) is 5.88 Å². The summed E-state index contributed by atoms with van der Waals surface area (Å²) in [7, 11) is 2.19. The predicted molar refractivity (Wildman–Crippen MR) is 103 cm³/mol. The zero-order valence-electron chi connectivity index (χ0n) is 15.1. The minimum atomic E-state index is 0.506. The fourth-order valence-corrected chi connectivity index (χ4v) is 4.00. The summed E-state index contributed by atoms with van der Waals surface area (Å²) >= 11 is 0. The van der Waals surface area contributed by atoms with Crippen molar-refractivity contribution in [2.45, 2.75) is 25.3 Å². The molecule has 134 valence electrons. The number of hydrogen-bond donors (Lipinski definition) is 1. The first-order valence-electron chi connectivity index (χ1n) is 9.49.